The van der Waals surface area contributed by atoms with Crippen molar-refractivity contribution in [1.82, 2.24) is 0 Å². The molecule has 0 unspecified atom stereocenters. The van der Waals surface area contributed by atoms with Crippen LogP contribution in [0.25, 0.3) is 0 Å². The van der Waals surface area contributed by atoms with Crippen LogP contribution in [0.4, 0.5) is 11.4 Å². The Labute approximate surface area is 116 Å². The molecule has 1 aromatic carbocycles. The van der Waals surface area contributed by atoms with Gasteiger partial charge in [0.2, 0.25) is 5.91 Å². The number of hydrogen-bond donors (Lipinski definition) is 2. The maximum Gasteiger partial charge on any atom is 0.234 e. The number of furan rings is 1. The topological polar surface area (TPSA) is 68.3 Å². The van der Waals surface area contributed by atoms with Crippen LogP contribution in [-0.2, 0) is 4.79 Å². The fraction of sp³-hybridized carbons (Fsp3) is 0.214. The van der Waals surface area contributed by atoms with Crippen LogP contribution >= 0.6 is 11.8 Å². The summed E-state index contributed by atoms with van der Waals surface area (Å²) in [4.78, 5) is 12.9. The van der Waals surface area contributed by atoms with E-state index in [0.717, 1.165) is 21.9 Å². The van der Waals surface area contributed by atoms with Crippen LogP contribution in [0.2, 0.25) is 0 Å². The summed E-state index contributed by atoms with van der Waals surface area (Å²) in [5, 5.41) is 2.86. The molecular formula is C14H16N2O2S. The van der Waals surface area contributed by atoms with E-state index in [0.29, 0.717) is 11.4 Å². The van der Waals surface area contributed by atoms with Crippen LogP contribution < -0.4 is 11.1 Å². The Morgan fingerprint density at radius 1 is 1.37 bits per heavy atom. The van der Waals surface area contributed by atoms with Gasteiger partial charge in [0.25, 0.3) is 0 Å². The van der Waals surface area contributed by atoms with Crippen LogP contribution in [-0.4, -0.2) is 11.7 Å². The SMILES string of the molecule is Cc1occc1SCC(=O)Nc1cccc(N)c1C. The van der Waals surface area contributed by atoms with E-state index in [4.69, 9.17) is 10.2 Å². The molecule has 0 fully saturated rings. The molecule has 4 nitrogen and oxygen atoms in total. The molecule has 19 heavy (non-hydrogen) atoms. The van der Waals surface area contributed by atoms with Crippen molar-refractivity contribution in [3.05, 3.63) is 41.9 Å². The van der Waals surface area contributed by atoms with E-state index >= 15 is 0 Å². The summed E-state index contributed by atoms with van der Waals surface area (Å²) in [7, 11) is 0. The van der Waals surface area contributed by atoms with Crippen molar-refractivity contribution in [2.75, 3.05) is 16.8 Å². The number of benzene rings is 1. The summed E-state index contributed by atoms with van der Waals surface area (Å²) in [5.74, 6) is 1.12. The standard InChI is InChI=1S/C14H16N2O2S/c1-9-11(15)4-3-5-12(9)16-14(17)8-19-13-6-7-18-10(13)2/h3-7H,8,15H2,1-2H3,(H,16,17). The van der Waals surface area contributed by atoms with Crippen molar-refractivity contribution in [2.45, 2.75) is 18.7 Å². The third-order valence-electron chi connectivity index (χ3n) is 2.82. The van der Waals surface area contributed by atoms with Crippen molar-refractivity contribution in [3.8, 4) is 0 Å². The Bertz CT molecular complexity index is 593. The summed E-state index contributed by atoms with van der Waals surface area (Å²) >= 11 is 1.45. The zero-order valence-electron chi connectivity index (χ0n) is 10.9. The van der Waals surface area contributed by atoms with Crippen molar-refractivity contribution >= 4 is 29.0 Å². The van der Waals surface area contributed by atoms with Gasteiger partial charge in [-0.15, -0.1) is 11.8 Å². The smallest absolute Gasteiger partial charge is 0.234 e. The molecule has 0 bridgehead atoms. The van der Waals surface area contributed by atoms with Crippen molar-refractivity contribution in [3.63, 3.8) is 0 Å². The highest BCUT2D eigenvalue weighted by Gasteiger charge is 2.09. The average Bonchev–Trinajstić information content (AvgIpc) is 2.78. The molecule has 0 aliphatic rings. The molecule has 0 spiro atoms. The summed E-state index contributed by atoms with van der Waals surface area (Å²) in [6, 6.07) is 7.34. The summed E-state index contributed by atoms with van der Waals surface area (Å²) in [6.45, 7) is 3.76. The number of thioether (sulfide) groups is 1. The van der Waals surface area contributed by atoms with Crippen molar-refractivity contribution < 1.29 is 9.21 Å². The Morgan fingerprint density at radius 3 is 2.84 bits per heavy atom. The van der Waals surface area contributed by atoms with Crippen LogP contribution in [0.15, 0.2) is 39.8 Å². The highest BCUT2D eigenvalue weighted by molar-refractivity contribution is 8.00. The van der Waals surface area contributed by atoms with E-state index in [2.05, 4.69) is 5.32 Å². The molecule has 0 radical (unpaired) electrons. The molecular weight excluding hydrogens is 260 g/mol. The largest absolute Gasteiger partial charge is 0.468 e. The van der Waals surface area contributed by atoms with Gasteiger partial charge in [0.1, 0.15) is 5.76 Å². The van der Waals surface area contributed by atoms with Crippen molar-refractivity contribution in [2.24, 2.45) is 0 Å². The molecule has 0 aliphatic heterocycles. The molecule has 0 saturated heterocycles. The predicted octanol–water partition coefficient (Wildman–Crippen LogP) is 3.21. The van der Waals surface area contributed by atoms with E-state index < -0.39 is 0 Å². The van der Waals surface area contributed by atoms with Gasteiger partial charge in [-0.1, -0.05) is 6.07 Å². The summed E-state index contributed by atoms with van der Waals surface area (Å²) < 4.78 is 5.18. The average molecular weight is 276 g/mol. The van der Waals surface area contributed by atoms with Crippen molar-refractivity contribution in [1.29, 1.82) is 0 Å². The zero-order chi connectivity index (χ0) is 13.8. The molecule has 1 amide bonds. The quantitative estimate of drug-likeness (QED) is 0.664. The predicted molar refractivity (Wildman–Crippen MR) is 78.4 cm³/mol. The molecule has 0 atom stereocenters. The first-order chi connectivity index (χ1) is 9.08. The maximum atomic E-state index is 11.9. The van der Waals surface area contributed by atoms with Gasteiger partial charge in [-0.2, -0.15) is 0 Å². The van der Waals surface area contributed by atoms with E-state index in [9.17, 15) is 4.79 Å². The van der Waals surface area contributed by atoms with Gasteiger partial charge < -0.3 is 15.5 Å². The lowest BCUT2D eigenvalue weighted by Gasteiger charge is -2.09. The van der Waals surface area contributed by atoms with Crippen LogP contribution in [0.3, 0.4) is 0 Å². The lowest BCUT2D eigenvalue weighted by Crippen LogP contribution is -2.15. The number of amides is 1. The molecule has 3 N–H and O–H groups in total. The van der Waals surface area contributed by atoms with E-state index in [1.165, 1.54) is 11.8 Å². The van der Waals surface area contributed by atoms with Gasteiger partial charge in [-0.05, 0) is 37.6 Å². The third kappa shape index (κ3) is 3.32. The van der Waals surface area contributed by atoms with Crippen LogP contribution in [0, 0.1) is 13.8 Å². The molecule has 2 rings (SSSR count). The Balaban J connectivity index is 1.95. The summed E-state index contributed by atoms with van der Waals surface area (Å²) in [5.41, 5.74) is 8.12. The molecule has 5 heteroatoms. The Morgan fingerprint density at radius 2 is 2.16 bits per heavy atom. The molecule has 1 aromatic heterocycles. The van der Waals surface area contributed by atoms with Gasteiger partial charge in [0.05, 0.1) is 12.0 Å². The van der Waals surface area contributed by atoms with Crippen LogP contribution in [0.1, 0.15) is 11.3 Å². The van der Waals surface area contributed by atoms with E-state index in [1.54, 1.807) is 6.26 Å². The number of carbonyl (C=O) groups excluding carboxylic acids is 1. The van der Waals surface area contributed by atoms with Gasteiger partial charge in [0.15, 0.2) is 0 Å². The number of anilines is 2. The van der Waals surface area contributed by atoms with E-state index in [1.807, 2.05) is 38.1 Å². The normalized spacial score (nSPS) is 10.4. The monoisotopic (exact) mass is 276 g/mol. The third-order valence-corrected chi connectivity index (χ3v) is 3.96. The number of carbonyl (C=O) groups is 1. The molecule has 0 aliphatic carbocycles. The number of aryl methyl sites for hydroxylation is 1. The second-order valence-corrected chi connectivity index (χ2v) is 5.21. The van der Waals surface area contributed by atoms with Gasteiger partial charge in [-0.25, -0.2) is 0 Å². The Kier molecular flexibility index (Phi) is 4.16. The number of nitrogens with one attached hydrogen (secondary N) is 1. The molecule has 1 heterocycles. The first-order valence-electron chi connectivity index (χ1n) is 5.90. The maximum absolute atomic E-state index is 11.9. The fourth-order valence-corrected chi connectivity index (χ4v) is 2.40. The second kappa shape index (κ2) is 5.84. The first-order valence-corrected chi connectivity index (χ1v) is 6.88. The fourth-order valence-electron chi connectivity index (χ4n) is 1.64. The molecule has 100 valence electrons. The molecule has 0 saturated carbocycles. The highest BCUT2D eigenvalue weighted by Crippen LogP contribution is 2.24. The minimum absolute atomic E-state index is 0.0562. The van der Waals surface area contributed by atoms with Crippen LogP contribution in [0.5, 0.6) is 0 Å². The van der Waals surface area contributed by atoms with E-state index in [-0.39, 0.29) is 5.91 Å². The number of nitrogens with two attached hydrogens (primary N) is 1. The lowest BCUT2D eigenvalue weighted by molar-refractivity contribution is -0.113. The number of nitrogen functional groups attached to an aromatic ring is 1. The zero-order valence-corrected chi connectivity index (χ0v) is 11.7. The second-order valence-electron chi connectivity index (χ2n) is 4.20. The number of rotatable bonds is 4. The van der Waals surface area contributed by atoms with Gasteiger partial charge in [0, 0.05) is 16.3 Å². The lowest BCUT2D eigenvalue weighted by atomic mass is 10.1. The molecule has 2 aromatic rings. The van der Waals surface area contributed by atoms with Gasteiger partial charge in [-0.3, -0.25) is 4.79 Å². The Hall–Kier alpha value is -1.88. The minimum Gasteiger partial charge on any atom is -0.468 e. The first kappa shape index (κ1) is 13.5. The van der Waals surface area contributed by atoms with Gasteiger partial charge >= 0.3 is 0 Å². The number of hydrogen-bond acceptors (Lipinski definition) is 4. The summed E-state index contributed by atoms with van der Waals surface area (Å²) in [6.07, 6.45) is 1.62. The highest BCUT2D eigenvalue weighted by atomic mass is 32.2. The minimum atomic E-state index is -0.0562.